The van der Waals surface area contributed by atoms with Crippen molar-refractivity contribution >= 4 is 44.2 Å². The van der Waals surface area contributed by atoms with Crippen molar-refractivity contribution in [3.8, 4) is 0 Å². The van der Waals surface area contributed by atoms with Crippen molar-refractivity contribution in [3.63, 3.8) is 0 Å². The number of anilines is 1. The van der Waals surface area contributed by atoms with Gasteiger partial charge in [-0.2, -0.15) is 0 Å². The highest BCUT2D eigenvalue weighted by molar-refractivity contribution is 7.23. The van der Waals surface area contributed by atoms with E-state index in [1.807, 2.05) is 60.4 Å². The lowest BCUT2D eigenvalue weighted by Crippen LogP contribution is -2.39. The Hall–Kier alpha value is -2.73. The first-order valence-corrected chi connectivity index (χ1v) is 13.4. The zero-order valence-electron chi connectivity index (χ0n) is 20.6. The maximum atomic E-state index is 14.0. The van der Waals surface area contributed by atoms with E-state index in [4.69, 9.17) is 16.6 Å². The molecule has 0 aliphatic carbocycles. The van der Waals surface area contributed by atoms with E-state index >= 15 is 0 Å². The van der Waals surface area contributed by atoms with Gasteiger partial charge < -0.3 is 4.90 Å². The molecule has 1 heterocycles. The smallest absolute Gasteiger partial charge is 0.229 e. The second-order valence-corrected chi connectivity index (χ2v) is 10.1. The SMILES string of the molecule is CCN(CC)CCN(C(=O)CC(c1ccccc1)c1ccccc1)c1nc2c(C)ccc(Cl)c2s1. The van der Waals surface area contributed by atoms with Crippen molar-refractivity contribution in [1.29, 1.82) is 0 Å². The van der Waals surface area contributed by atoms with Crippen molar-refractivity contribution in [2.24, 2.45) is 0 Å². The number of aromatic nitrogens is 1. The van der Waals surface area contributed by atoms with E-state index in [0.29, 0.717) is 23.1 Å². The number of thiazole rings is 1. The van der Waals surface area contributed by atoms with Crippen LogP contribution < -0.4 is 4.90 Å². The molecule has 4 rings (SSSR count). The minimum atomic E-state index is -0.0273. The Morgan fingerprint density at radius 2 is 1.51 bits per heavy atom. The van der Waals surface area contributed by atoms with Gasteiger partial charge in [0.05, 0.1) is 15.2 Å². The van der Waals surface area contributed by atoms with Gasteiger partial charge in [-0.3, -0.25) is 9.69 Å². The van der Waals surface area contributed by atoms with Crippen molar-refractivity contribution in [3.05, 3.63) is 94.5 Å². The second kappa shape index (κ2) is 11.8. The summed E-state index contributed by atoms with van der Waals surface area (Å²) in [6.45, 7) is 9.61. The molecule has 0 N–H and O–H groups in total. The summed E-state index contributed by atoms with van der Waals surface area (Å²) < 4.78 is 0.935. The number of hydrogen-bond donors (Lipinski definition) is 0. The molecule has 6 heteroatoms. The van der Waals surface area contributed by atoms with E-state index in [1.54, 1.807) is 0 Å². The number of benzene rings is 3. The largest absolute Gasteiger partial charge is 0.302 e. The summed E-state index contributed by atoms with van der Waals surface area (Å²) in [5.41, 5.74) is 4.22. The Labute approximate surface area is 217 Å². The van der Waals surface area contributed by atoms with Gasteiger partial charge in [0, 0.05) is 25.4 Å². The molecule has 3 aromatic carbocycles. The maximum absolute atomic E-state index is 14.0. The fourth-order valence-electron chi connectivity index (χ4n) is 4.40. The van der Waals surface area contributed by atoms with Crippen LogP contribution in [0.2, 0.25) is 5.02 Å². The number of carbonyl (C=O) groups is 1. The van der Waals surface area contributed by atoms with E-state index < -0.39 is 0 Å². The van der Waals surface area contributed by atoms with Gasteiger partial charge in [0.25, 0.3) is 0 Å². The summed E-state index contributed by atoms with van der Waals surface area (Å²) in [7, 11) is 0. The fourth-order valence-corrected chi connectivity index (χ4v) is 5.76. The first kappa shape index (κ1) is 25.4. The molecule has 0 unspecified atom stereocenters. The van der Waals surface area contributed by atoms with Crippen LogP contribution in [0.4, 0.5) is 5.13 Å². The molecule has 0 fully saturated rings. The van der Waals surface area contributed by atoms with Gasteiger partial charge in [0.15, 0.2) is 5.13 Å². The van der Waals surface area contributed by atoms with Gasteiger partial charge in [-0.25, -0.2) is 4.98 Å². The van der Waals surface area contributed by atoms with Crippen molar-refractivity contribution < 1.29 is 4.79 Å². The molecule has 1 amide bonds. The van der Waals surface area contributed by atoms with E-state index in [0.717, 1.165) is 46.5 Å². The van der Waals surface area contributed by atoms with Gasteiger partial charge in [-0.1, -0.05) is 104 Å². The summed E-state index contributed by atoms with van der Waals surface area (Å²) in [5.74, 6) is 0.0447. The Morgan fingerprint density at radius 1 is 0.914 bits per heavy atom. The van der Waals surface area contributed by atoms with Gasteiger partial charge in [-0.15, -0.1) is 0 Å². The normalized spacial score (nSPS) is 11.5. The highest BCUT2D eigenvalue weighted by Gasteiger charge is 2.26. The van der Waals surface area contributed by atoms with Gasteiger partial charge in [0.1, 0.15) is 0 Å². The summed E-state index contributed by atoms with van der Waals surface area (Å²) in [6, 6.07) is 24.5. The summed E-state index contributed by atoms with van der Waals surface area (Å²) >= 11 is 8.01. The predicted molar refractivity (Wildman–Crippen MR) is 149 cm³/mol. The highest BCUT2D eigenvalue weighted by atomic mass is 35.5. The van der Waals surface area contributed by atoms with Crippen LogP contribution in [-0.2, 0) is 4.79 Å². The summed E-state index contributed by atoms with van der Waals surface area (Å²) in [5, 5.41) is 1.39. The van der Waals surface area contributed by atoms with Crippen molar-refractivity contribution in [2.45, 2.75) is 33.1 Å². The van der Waals surface area contributed by atoms with Crippen molar-refractivity contribution in [2.75, 3.05) is 31.1 Å². The van der Waals surface area contributed by atoms with Crippen LogP contribution in [0.3, 0.4) is 0 Å². The Bertz CT molecular complexity index is 1180. The molecule has 0 saturated heterocycles. The third-order valence-corrected chi connectivity index (χ3v) is 8.07. The lowest BCUT2D eigenvalue weighted by Gasteiger charge is -2.26. The Kier molecular flexibility index (Phi) is 8.55. The van der Waals surface area contributed by atoms with Crippen LogP contribution >= 0.6 is 22.9 Å². The summed E-state index contributed by atoms with van der Waals surface area (Å²) in [6.07, 6.45) is 0.370. The minimum Gasteiger partial charge on any atom is -0.302 e. The average molecular weight is 506 g/mol. The second-order valence-electron chi connectivity index (χ2n) is 8.69. The molecule has 0 aliphatic rings. The molecule has 4 aromatic rings. The number of hydrogen-bond acceptors (Lipinski definition) is 4. The van der Waals surface area contributed by atoms with Crippen LogP contribution in [0.5, 0.6) is 0 Å². The standard InChI is InChI=1S/C29H32ClN3OS/c1-4-32(5-2)18-19-33(29-31-27-21(3)16-17-25(30)28(27)35-29)26(34)20-24(22-12-8-6-9-13-22)23-14-10-7-11-15-23/h6-17,24H,4-5,18-20H2,1-3H3. The topological polar surface area (TPSA) is 36.4 Å². The van der Waals surface area contributed by atoms with Gasteiger partial charge >= 0.3 is 0 Å². The molecule has 35 heavy (non-hydrogen) atoms. The molecular formula is C29H32ClN3OS. The average Bonchev–Trinajstić information content (AvgIpc) is 3.35. The number of aryl methyl sites for hydroxylation is 1. The van der Waals surface area contributed by atoms with E-state index in [1.165, 1.54) is 11.3 Å². The van der Waals surface area contributed by atoms with Gasteiger partial charge in [0.2, 0.25) is 5.91 Å². The zero-order chi connectivity index (χ0) is 24.8. The lowest BCUT2D eigenvalue weighted by atomic mass is 9.88. The maximum Gasteiger partial charge on any atom is 0.229 e. The van der Waals surface area contributed by atoms with Crippen LogP contribution in [-0.4, -0.2) is 42.0 Å². The predicted octanol–water partition coefficient (Wildman–Crippen LogP) is 7.16. The molecule has 1 aromatic heterocycles. The number of halogens is 1. The first-order chi connectivity index (χ1) is 17.0. The number of nitrogens with zero attached hydrogens (tertiary/aromatic N) is 3. The fraction of sp³-hybridized carbons (Fsp3) is 0.310. The number of amides is 1. The molecule has 0 aliphatic heterocycles. The summed E-state index contributed by atoms with van der Waals surface area (Å²) in [4.78, 5) is 23.1. The Morgan fingerprint density at radius 3 is 2.06 bits per heavy atom. The lowest BCUT2D eigenvalue weighted by molar-refractivity contribution is -0.118. The molecule has 0 saturated carbocycles. The third kappa shape index (κ3) is 5.92. The van der Waals surface area contributed by atoms with Gasteiger partial charge in [-0.05, 0) is 42.8 Å². The van der Waals surface area contributed by atoms with Crippen LogP contribution in [0.15, 0.2) is 72.8 Å². The zero-order valence-corrected chi connectivity index (χ0v) is 22.1. The monoisotopic (exact) mass is 505 g/mol. The molecule has 182 valence electrons. The molecule has 0 radical (unpaired) electrons. The number of fused-ring (bicyclic) bond motifs is 1. The highest BCUT2D eigenvalue weighted by Crippen LogP contribution is 2.37. The van der Waals surface area contributed by atoms with E-state index in [9.17, 15) is 4.79 Å². The molecule has 0 bridgehead atoms. The first-order valence-electron chi connectivity index (χ1n) is 12.2. The molecular weight excluding hydrogens is 474 g/mol. The van der Waals surface area contributed by atoms with Crippen LogP contribution in [0, 0.1) is 6.92 Å². The third-order valence-electron chi connectivity index (χ3n) is 6.53. The molecule has 0 spiro atoms. The van der Waals surface area contributed by atoms with Crippen LogP contribution in [0.25, 0.3) is 10.2 Å². The van der Waals surface area contributed by atoms with E-state index in [-0.39, 0.29) is 11.8 Å². The minimum absolute atomic E-state index is 0.0273. The Balaban J connectivity index is 1.70. The van der Waals surface area contributed by atoms with Crippen LogP contribution in [0.1, 0.15) is 42.9 Å². The number of likely N-dealkylation sites (N-methyl/N-ethyl adjacent to an activating group) is 1. The van der Waals surface area contributed by atoms with E-state index in [2.05, 4.69) is 43.0 Å². The number of rotatable bonds is 10. The molecule has 0 atom stereocenters. The molecule has 4 nitrogen and oxygen atoms in total. The quantitative estimate of drug-likeness (QED) is 0.229. The number of carbonyl (C=O) groups excluding carboxylic acids is 1. The van der Waals surface area contributed by atoms with Crippen molar-refractivity contribution in [1.82, 2.24) is 9.88 Å².